The maximum atomic E-state index is 11.6. The quantitative estimate of drug-likeness (QED) is 0.811. The standard InChI is InChI=1S/C21H26N2OS/c1-4-16-12-17(8-9-18(16)21(22)24)20-14(3)23-19(25-20)11-15-7-5-6-13(2)10-15/h7-10,12,14,20H,4-6,11H2,1-3H3,(H2,22,24). The molecule has 1 aliphatic carbocycles. The van der Waals surface area contributed by atoms with Crippen LogP contribution >= 0.6 is 11.8 Å². The van der Waals surface area contributed by atoms with Gasteiger partial charge in [-0.05, 0) is 55.9 Å². The number of hydrogen-bond acceptors (Lipinski definition) is 3. The largest absolute Gasteiger partial charge is 0.366 e. The maximum Gasteiger partial charge on any atom is 0.248 e. The summed E-state index contributed by atoms with van der Waals surface area (Å²) < 4.78 is 0. The summed E-state index contributed by atoms with van der Waals surface area (Å²) >= 11 is 1.86. The summed E-state index contributed by atoms with van der Waals surface area (Å²) in [6, 6.07) is 6.29. The number of carbonyl (C=O) groups is 1. The van der Waals surface area contributed by atoms with E-state index in [-0.39, 0.29) is 11.9 Å². The van der Waals surface area contributed by atoms with Gasteiger partial charge in [0.05, 0.1) is 16.3 Å². The first-order valence-corrected chi connectivity index (χ1v) is 9.88. The second-order valence-corrected chi connectivity index (χ2v) is 8.14. The molecule has 0 saturated carbocycles. The van der Waals surface area contributed by atoms with Crippen molar-refractivity contribution < 1.29 is 4.79 Å². The van der Waals surface area contributed by atoms with Crippen LogP contribution < -0.4 is 5.73 Å². The lowest BCUT2D eigenvalue weighted by molar-refractivity contribution is 0.0999. The maximum absolute atomic E-state index is 11.6. The molecular weight excluding hydrogens is 328 g/mol. The van der Waals surface area contributed by atoms with Crippen molar-refractivity contribution in [3.8, 4) is 0 Å². The average molecular weight is 355 g/mol. The summed E-state index contributed by atoms with van der Waals surface area (Å²) in [7, 11) is 0. The van der Waals surface area contributed by atoms with E-state index in [1.165, 1.54) is 28.2 Å². The number of hydrogen-bond donors (Lipinski definition) is 1. The Labute approximate surface area is 154 Å². The van der Waals surface area contributed by atoms with Gasteiger partial charge in [-0.1, -0.05) is 36.8 Å². The highest BCUT2D eigenvalue weighted by molar-refractivity contribution is 8.14. The van der Waals surface area contributed by atoms with Crippen LogP contribution in [0.3, 0.4) is 0 Å². The number of carbonyl (C=O) groups excluding carboxylic acids is 1. The number of aliphatic imine (C=N–C) groups is 1. The van der Waals surface area contributed by atoms with Crippen LogP contribution in [0.25, 0.3) is 0 Å². The van der Waals surface area contributed by atoms with E-state index in [0.717, 1.165) is 24.8 Å². The summed E-state index contributed by atoms with van der Waals surface area (Å²) in [6.45, 7) is 6.44. The van der Waals surface area contributed by atoms with Crippen LogP contribution in [0.2, 0.25) is 0 Å². The van der Waals surface area contributed by atoms with Gasteiger partial charge < -0.3 is 5.73 Å². The van der Waals surface area contributed by atoms with Crippen LogP contribution in [0, 0.1) is 0 Å². The molecule has 3 nitrogen and oxygen atoms in total. The molecule has 0 bridgehead atoms. The van der Waals surface area contributed by atoms with Crippen LogP contribution in [0.1, 0.15) is 66.8 Å². The van der Waals surface area contributed by atoms with Crippen molar-refractivity contribution in [3.63, 3.8) is 0 Å². The fraction of sp³-hybridized carbons (Fsp3) is 0.429. The molecule has 25 heavy (non-hydrogen) atoms. The third-order valence-electron chi connectivity index (χ3n) is 4.89. The summed E-state index contributed by atoms with van der Waals surface area (Å²) in [5.74, 6) is -0.348. The summed E-state index contributed by atoms with van der Waals surface area (Å²) in [5, 5.41) is 1.53. The van der Waals surface area contributed by atoms with Gasteiger partial charge in [0.2, 0.25) is 5.91 Å². The van der Waals surface area contributed by atoms with E-state index in [1.807, 2.05) is 23.9 Å². The molecule has 0 spiro atoms. The highest BCUT2D eigenvalue weighted by atomic mass is 32.2. The van der Waals surface area contributed by atoms with Crippen molar-refractivity contribution in [1.29, 1.82) is 0 Å². The Morgan fingerprint density at radius 3 is 2.88 bits per heavy atom. The van der Waals surface area contributed by atoms with E-state index in [2.05, 4.69) is 39.0 Å². The molecule has 1 aliphatic heterocycles. The molecular formula is C21H26N2OS. The Kier molecular flexibility index (Phi) is 5.48. The molecule has 4 heteroatoms. The van der Waals surface area contributed by atoms with Gasteiger partial charge in [-0.2, -0.15) is 0 Å². The highest BCUT2D eigenvalue weighted by Gasteiger charge is 2.29. The minimum absolute atomic E-state index is 0.249. The third-order valence-corrected chi connectivity index (χ3v) is 6.33. The first kappa shape index (κ1) is 18.0. The van der Waals surface area contributed by atoms with Gasteiger partial charge in [-0.3, -0.25) is 9.79 Å². The monoisotopic (exact) mass is 354 g/mol. The average Bonchev–Trinajstić information content (AvgIpc) is 2.94. The minimum atomic E-state index is -0.348. The Morgan fingerprint density at radius 1 is 1.40 bits per heavy atom. The smallest absolute Gasteiger partial charge is 0.248 e. The molecule has 132 valence electrons. The lowest BCUT2D eigenvalue weighted by atomic mass is 9.98. The molecule has 2 atom stereocenters. The summed E-state index contributed by atoms with van der Waals surface area (Å²) in [6.07, 6.45) is 8.70. The molecule has 1 aromatic rings. The van der Waals surface area contributed by atoms with Crippen molar-refractivity contribution in [2.45, 2.75) is 57.7 Å². The number of nitrogens with two attached hydrogens (primary N) is 1. The molecule has 1 aromatic carbocycles. The molecule has 1 amide bonds. The number of benzene rings is 1. The van der Waals surface area contributed by atoms with Gasteiger partial charge in [-0.25, -0.2) is 0 Å². The molecule has 0 radical (unpaired) electrons. The first-order valence-electron chi connectivity index (χ1n) is 9.00. The molecule has 2 unspecified atom stereocenters. The minimum Gasteiger partial charge on any atom is -0.366 e. The van der Waals surface area contributed by atoms with Crippen molar-refractivity contribution in [2.75, 3.05) is 0 Å². The molecule has 2 aliphatic rings. The van der Waals surface area contributed by atoms with Crippen LogP contribution in [0.15, 0.2) is 46.5 Å². The van der Waals surface area contributed by atoms with Crippen LogP contribution in [0.4, 0.5) is 0 Å². The van der Waals surface area contributed by atoms with Crippen LogP contribution in [-0.2, 0) is 6.42 Å². The SMILES string of the molecule is CCc1cc(C2SC(CC3=CCCC(C)=C3)=NC2C)ccc1C(N)=O. The van der Waals surface area contributed by atoms with Gasteiger partial charge in [0.15, 0.2) is 0 Å². The van der Waals surface area contributed by atoms with E-state index >= 15 is 0 Å². The zero-order valence-corrected chi connectivity index (χ0v) is 16.0. The van der Waals surface area contributed by atoms with Gasteiger partial charge in [-0.15, -0.1) is 11.8 Å². The lowest BCUT2D eigenvalue weighted by Crippen LogP contribution is -2.14. The third kappa shape index (κ3) is 4.06. The van der Waals surface area contributed by atoms with Crippen LogP contribution in [0.5, 0.6) is 0 Å². The zero-order valence-electron chi connectivity index (χ0n) is 15.2. The van der Waals surface area contributed by atoms with Gasteiger partial charge in [0.25, 0.3) is 0 Å². The van der Waals surface area contributed by atoms with E-state index in [9.17, 15) is 4.79 Å². The van der Waals surface area contributed by atoms with Crippen molar-refractivity contribution >= 4 is 22.7 Å². The number of primary amides is 1. The molecule has 2 N–H and O–H groups in total. The van der Waals surface area contributed by atoms with Gasteiger partial charge in [0.1, 0.15) is 0 Å². The van der Waals surface area contributed by atoms with Crippen LogP contribution in [-0.4, -0.2) is 17.0 Å². The molecule has 0 fully saturated rings. The van der Waals surface area contributed by atoms with E-state index in [4.69, 9.17) is 10.7 Å². The topological polar surface area (TPSA) is 55.4 Å². The first-order chi connectivity index (χ1) is 12.0. The molecule has 1 heterocycles. The van der Waals surface area contributed by atoms with Gasteiger partial charge in [0, 0.05) is 12.0 Å². The van der Waals surface area contributed by atoms with Crippen molar-refractivity contribution in [3.05, 3.63) is 58.2 Å². The van der Waals surface area contributed by atoms with Gasteiger partial charge >= 0.3 is 0 Å². The Bertz CT molecular complexity index is 776. The second kappa shape index (κ2) is 7.61. The highest BCUT2D eigenvalue weighted by Crippen LogP contribution is 2.42. The molecule has 3 rings (SSSR count). The summed E-state index contributed by atoms with van der Waals surface area (Å²) in [5.41, 5.74) is 11.2. The number of allylic oxidation sites excluding steroid dienone is 4. The number of amides is 1. The number of aryl methyl sites for hydroxylation is 1. The number of nitrogens with zero attached hydrogens (tertiary/aromatic N) is 1. The van der Waals surface area contributed by atoms with Crippen molar-refractivity contribution in [1.82, 2.24) is 0 Å². The van der Waals surface area contributed by atoms with E-state index in [0.29, 0.717) is 10.8 Å². The summed E-state index contributed by atoms with van der Waals surface area (Å²) in [4.78, 5) is 16.5. The number of rotatable bonds is 5. The fourth-order valence-electron chi connectivity index (χ4n) is 3.56. The Morgan fingerprint density at radius 2 is 2.20 bits per heavy atom. The number of thioether (sulfide) groups is 1. The Hall–Kier alpha value is -1.81. The fourth-order valence-corrected chi connectivity index (χ4v) is 4.87. The predicted octanol–water partition coefficient (Wildman–Crippen LogP) is 4.98. The normalized spacial score (nSPS) is 23.1. The molecule has 0 aromatic heterocycles. The second-order valence-electron chi connectivity index (χ2n) is 6.92. The van der Waals surface area contributed by atoms with Crippen molar-refractivity contribution in [2.24, 2.45) is 10.7 Å². The van der Waals surface area contributed by atoms with E-state index < -0.39 is 0 Å². The van der Waals surface area contributed by atoms with E-state index in [1.54, 1.807) is 0 Å². The Balaban J connectivity index is 1.75. The lowest BCUT2D eigenvalue weighted by Gasteiger charge is -2.16. The predicted molar refractivity (Wildman–Crippen MR) is 107 cm³/mol. The molecule has 0 saturated heterocycles. The zero-order chi connectivity index (χ0) is 18.0.